The highest BCUT2D eigenvalue weighted by molar-refractivity contribution is 5.95. The molecule has 7 heteroatoms. The molecular formula is C13H17N5O2. The standard InChI is InChI=1S/C13H17N5O2/c1-3-18-12(15-8-16-18)7-17(2)11-5-4-9(14)6-10(11)13(19)20/h4-6,8H,3,7,14H2,1-2H3,(H,19,20). The maximum atomic E-state index is 11.3. The zero-order valence-electron chi connectivity index (χ0n) is 11.4. The van der Waals surface area contributed by atoms with Gasteiger partial charge in [0.05, 0.1) is 17.8 Å². The zero-order chi connectivity index (χ0) is 14.7. The molecule has 20 heavy (non-hydrogen) atoms. The van der Waals surface area contributed by atoms with Crippen LogP contribution in [-0.2, 0) is 13.1 Å². The molecule has 7 nitrogen and oxygen atoms in total. The number of nitrogens with two attached hydrogens (primary N) is 1. The lowest BCUT2D eigenvalue weighted by atomic mass is 10.1. The van der Waals surface area contributed by atoms with E-state index in [1.54, 1.807) is 16.8 Å². The second kappa shape index (κ2) is 5.60. The molecule has 1 aromatic carbocycles. The lowest BCUT2D eigenvalue weighted by Gasteiger charge is -2.21. The molecular weight excluding hydrogens is 258 g/mol. The average molecular weight is 275 g/mol. The van der Waals surface area contributed by atoms with Gasteiger partial charge in [-0.25, -0.2) is 14.5 Å². The van der Waals surface area contributed by atoms with Crippen molar-refractivity contribution in [3.05, 3.63) is 35.9 Å². The Hall–Kier alpha value is -2.57. The summed E-state index contributed by atoms with van der Waals surface area (Å²) in [5.74, 6) is -0.223. The third-order valence-electron chi connectivity index (χ3n) is 3.04. The highest BCUT2D eigenvalue weighted by atomic mass is 16.4. The molecule has 0 atom stereocenters. The lowest BCUT2D eigenvalue weighted by molar-refractivity contribution is 0.0697. The third kappa shape index (κ3) is 2.71. The van der Waals surface area contributed by atoms with Gasteiger partial charge in [0.2, 0.25) is 0 Å². The molecule has 3 N–H and O–H groups in total. The first-order chi connectivity index (χ1) is 9.52. The summed E-state index contributed by atoms with van der Waals surface area (Å²) in [4.78, 5) is 17.3. The maximum Gasteiger partial charge on any atom is 0.337 e. The number of nitrogen functional groups attached to an aromatic ring is 1. The molecule has 0 aliphatic heterocycles. The van der Waals surface area contributed by atoms with E-state index in [0.29, 0.717) is 17.9 Å². The van der Waals surface area contributed by atoms with E-state index in [4.69, 9.17) is 5.73 Å². The van der Waals surface area contributed by atoms with Crippen molar-refractivity contribution in [3.8, 4) is 0 Å². The number of carboxylic acid groups (broad SMARTS) is 1. The Morgan fingerprint density at radius 1 is 1.50 bits per heavy atom. The number of aromatic nitrogens is 3. The van der Waals surface area contributed by atoms with Crippen molar-refractivity contribution in [1.82, 2.24) is 14.8 Å². The van der Waals surface area contributed by atoms with Gasteiger partial charge in [-0.2, -0.15) is 5.10 Å². The van der Waals surface area contributed by atoms with Crippen molar-refractivity contribution < 1.29 is 9.90 Å². The quantitative estimate of drug-likeness (QED) is 0.796. The highest BCUT2D eigenvalue weighted by Gasteiger charge is 2.15. The third-order valence-corrected chi connectivity index (χ3v) is 3.04. The number of aryl methyl sites for hydroxylation is 1. The van der Waals surface area contributed by atoms with Crippen molar-refractivity contribution in [2.45, 2.75) is 20.0 Å². The van der Waals surface area contributed by atoms with Crippen LogP contribution in [0.3, 0.4) is 0 Å². The van der Waals surface area contributed by atoms with Crippen LogP contribution in [0, 0.1) is 0 Å². The van der Waals surface area contributed by atoms with Crippen LogP contribution in [0.1, 0.15) is 23.1 Å². The summed E-state index contributed by atoms with van der Waals surface area (Å²) >= 11 is 0. The fourth-order valence-corrected chi connectivity index (χ4v) is 2.03. The van der Waals surface area contributed by atoms with E-state index < -0.39 is 5.97 Å². The first-order valence-electron chi connectivity index (χ1n) is 6.23. The number of nitrogens with zero attached hydrogens (tertiary/aromatic N) is 4. The summed E-state index contributed by atoms with van der Waals surface area (Å²) in [7, 11) is 1.81. The Balaban J connectivity index is 2.29. The summed E-state index contributed by atoms with van der Waals surface area (Å²) in [5, 5.41) is 13.3. The molecule has 1 aromatic heterocycles. The van der Waals surface area contributed by atoms with E-state index in [1.165, 1.54) is 12.4 Å². The van der Waals surface area contributed by atoms with E-state index in [1.807, 2.05) is 18.9 Å². The smallest absolute Gasteiger partial charge is 0.337 e. The topological polar surface area (TPSA) is 97.3 Å². The number of hydrogen-bond donors (Lipinski definition) is 2. The van der Waals surface area contributed by atoms with Crippen LogP contribution < -0.4 is 10.6 Å². The molecule has 0 saturated heterocycles. The van der Waals surface area contributed by atoms with Crippen molar-refractivity contribution in [1.29, 1.82) is 0 Å². The van der Waals surface area contributed by atoms with Crippen LogP contribution in [0.2, 0.25) is 0 Å². The van der Waals surface area contributed by atoms with Crippen LogP contribution in [0.5, 0.6) is 0 Å². The van der Waals surface area contributed by atoms with Gasteiger partial charge in [0, 0.05) is 19.3 Å². The Labute approximate surface area is 116 Å². The zero-order valence-corrected chi connectivity index (χ0v) is 11.4. The molecule has 0 fully saturated rings. The van der Waals surface area contributed by atoms with Crippen LogP contribution >= 0.6 is 0 Å². The minimum atomic E-state index is -1.00. The number of carbonyl (C=O) groups is 1. The van der Waals surface area contributed by atoms with E-state index in [-0.39, 0.29) is 5.56 Å². The fraction of sp³-hybridized carbons (Fsp3) is 0.308. The SMILES string of the molecule is CCn1ncnc1CN(C)c1ccc(N)cc1C(=O)O. The molecule has 0 amide bonds. The van der Waals surface area contributed by atoms with E-state index in [9.17, 15) is 9.90 Å². The van der Waals surface area contributed by atoms with Gasteiger partial charge in [-0.15, -0.1) is 0 Å². The predicted octanol–water partition coefficient (Wildman–Crippen LogP) is 1.21. The van der Waals surface area contributed by atoms with Gasteiger partial charge in [0.25, 0.3) is 0 Å². The first-order valence-corrected chi connectivity index (χ1v) is 6.23. The van der Waals surface area contributed by atoms with Crippen LogP contribution in [-0.4, -0.2) is 32.9 Å². The van der Waals surface area contributed by atoms with Gasteiger partial charge in [-0.3, -0.25) is 0 Å². The van der Waals surface area contributed by atoms with Crippen LogP contribution in [0.25, 0.3) is 0 Å². The number of anilines is 2. The second-order valence-electron chi connectivity index (χ2n) is 4.43. The number of carboxylic acids is 1. The molecule has 0 unspecified atom stereocenters. The molecule has 0 saturated carbocycles. The largest absolute Gasteiger partial charge is 0.478 e. The number of hydrogen-bond acceptors (Lipinski definition) is 5. The molecule has 106 valence electrons. The van der Waals surface area contributed by atoms with Gasteiger partial charge < -0.3 is 15.7 Å². The van der Waals surface area contributed by atoms with E-state index in [0.717, 1.165) is 12.4 Å². The predicted molar refractivity (Wildman–Crippen MR) is 75.6 cm³/mol. The number of aromatic carboxylic acids is 1. The fourth-order valence-electron chi connectivity index (χ4n) is 2.03. The van der Waals surface area contributed by atoms with Gasteiger partial charge in [-0.1, -0.05) is 0 Å². The monoisotopic (exact) mass is 275 g/mol. The molecule has 0 radical (unpaired) electrons. The van der Waals surface area contributed by atoms with Gasteiger partial charge in [0.1, 0.15) is 12.2 Å². The van der Waals surface area contributed by atoms with E-state index in [2.05, 4.69) is 10.1 Å². The highest BCUT2D eigenvalue weighted by Crippen LogP contribution is 2.23. The molecule has 0 aliphatic carbocycles. The van der Waals surface area contributed by atoms with Gasteiger partial charge >= 0.3 is 5.97 Å². The molecule has 0 bridgehead atoms. The summed E-state index contributed by atoms with van der Waals surface area (Å²) in [6.07, 6.45) is 1.49. The van der Waals surface area contributed by atoms with Crippen molar-refractivity contribution in [2.75, 3.05) is 17.7 Å². The first kappa shape index (κ1) is 13.9. The summed E-state index contributed by atoms with van der Waals surface area (Å²) in [5.41, 5.74) is 6.84. The van der Waals surface area contributed by atoms with Crippen LogP contribution in [0.15, 0.2) is 24.5 Å². The van der Waals surface area contributed by atoms with Gasteiger partial charge in [0.15, 0.2) is 0 Å². The minimum Gasteiger partial charge on any atom is -0.478 e. The van der Waals surface area contributed by atoms with Crippen molar-refractivity contribution in [2.24, 2.45) is 0 Å². The molecule has 0 aliphatic rings. The second-order valence-corrected chi connectivity index (χ2v) is 4.43. The Morgan fingerprint density at radius 2 is 2.25 bits per heavy atom. The van der Waals surface area contributed by atoms with Crippen molar-refractivity contribution >= 4 is 17.3 Å². The normalized spacial score (nSPS) is 10.5. The van der Waals surface area contributed by atoms with Gasteiger partial charge in [-0.05, 0) is 25.1 Å². The molecule has 1 heterocycles. The summed E-state index contributed by atoms with van der Waals surface area (Å²) < 4.78 is 1.77. The summed E-state index contributed by atoms with van der Waals surface area (Å²) in [6, 6.07) is 4.84. The Morgan fingerprint density at radius 3 is 2.90 bits per heavy atom. The molecule has 2 rings (SSSR count). The van der Waals surface area contributed by atoms with Crippen LogP contribution in [0.4, 0.5) is 11.4 Å². The Bertz CT molecular complexity index is 623. The minimum absolute atomic E-state index is 0.176. The summed E-state index contributed by atoms with van der Waals surface area (Å²) in [6.45, 7) is 3.17. The average Bonchev–Trinajstić information content (AvgIpc) is 2.85. The molecule has 2 aromatic rings. The van der Waals surface area contributed by atoms with E-state index >= 15 is 0 Å². The number of rotatable bonds is 5. The Kier molecular flexibility index (Phi) is 3.88. The van der Waals surface area contributed by atoms with Crippen molar-refractivity contribution in [3.63, 3.8) is 0 Å². The molecule has 0 spiro atoms. The number of benzene rings is 1. The lowest BCUT2D eigenvalue weighted by Crippen LogP contribution is -2.22. The maximum absolute atomic E-state index is 11.3.